The molecule has 0 heterocycles. The van der Waals surface area contributed by atoms with Crippen LogP contribution in [0.4, 0.5) is 0 Å². The van der Waals surface area contributed by atoms with Crippen LogP contribution in [-0.2, 0) is 0 Å². The van der Waals surface area contributed by atoms with E-state index in [4.69, 9.17) is 0 Å². The highest BCUT2D eigenvalue weighted by molar-refractivity contribution is 7.98. The van der Waals surface area contributed by atoms with E-state index in [1.165, 1.54) is 10.5 Å². The van der Waals surface area contributed by atoms with E-state index in [1.54, 1.807) is 11.8 Å². The Bertz CT molecular complexity index is 354. The first-order valence-electron chi connectivity index (χ1n) is 4.93. The predicted octanol–water partition coefficient (Wildman–Crippen LogP) is 4.40. The fraction of sp³-hybridized carbons (Fsp3) is 0.143. The highest BCUT2D eigenvalue weighted by Gasteiger charge is 1.80. The molecule has 2 rings (SSSR count). The number of aryl methyl sites for hydroxylation is 1. The molecule has 1 heteroatoms. The smallest absolute Gasteiger partial charge is 0.00691 e. The molecule has 15 heavy (non-hydrogen) atoms. The van der Waals surface area contributed by atoms with Gasteiger partial charge in [0.25, 0.3) is 0 Å². The molecule has 0 spiro atoms. The fourth-order valence-corrected chi connectivity index (χ4v) is 1.52. The summed E-state index contributed by atoms with van der Waals surface area (Å²) in [4.78, 5) is 1.33. The van der Waals surface area contributed by atoms with Crippen LogP contribution < -0.4 is 0 Å². The molecule has 78 valence electrons. The Balaban J connectivity index is 0.000000151. The highest BCUT2D eigenvalue weighted by Crippen LogP contribution is 2.11. The van der Waals surface area contributed by atoms with Crippen LogP contribution in [0.25, 0.3) is 0 Å². The first-order chi connectivity index (χ1) is 7.33. The molecule has 2 aromatic carbocycles. The van der Waals surface area contributed by atoms with Crippen LogP contribution in [0.5, 0.6) is 0 Å². The molecule has 0 atom stereocenters. The molecule has 0 aromatic heterocycles. The van der Waals surface area contributed by atoms with Crippen LogP contribution >= 0.6 is 11.8 Å². The molecule has 0 aliphatic heterocycles. The first kappa shape index (κ1) is 11.9. The molecule has 0 N–H and O–H groups in total. The molecule has 0 saturated heterocycles. The van der Waals surface area contributed by atoms with Crippen LogP contribution in [0.2, 0.25) is 0 Å². The minimum Gasteiger partial charge on any atom is -0.130 e. The summed E-state index contributed by atoms with van der Waals surface area (Å²) in [6, 6.07) is 20.6. The van der Waals surface area contributed by atoms with E-state index in [-0.39, 0.29) is 0 Å². The summed E-state index contributed by atoms with van der Waals surface area (Å²) >= 11 is 1.77. The van der Waals surface area contributed by atoms with Gasteiger partial charge in [0.2, 0.25) is 0 Å². The van der Waals surface area contributed by atoms with Crippen molar-refractivity contribution in [3.63, 3.8) is 0 Å². The van der Waals surface area contributed by atoms with Crippen LogP contribution in [0.3, 0.4) is 0 Å². The van der Waals surface area contributed by atoms with E-state index in [0.29, 0.717) is 0 Å². The van der Waals surface area contributed by atoms with Crippen LogP contribution in [0.15, 0.2) is 65.6 Å². The number of benzene rings is 2. The molecule has 0 nitrogen and oxygen atoms in total. The van der Waals surface area contributed by atoms with Crippen molar-refractivity contribution in [2.24, 2.45) is 0 Å². The Labute approximate surface area is 96.3 Å². The average Bonchev–Trinajstić information content (AvgIpc) is 2.32. The van der Waals surface area contributed by atoms with Crippen LogP contribution in [0, 0.1) is 6.92 Å². The van der Waals surface area contributed by atoms with Gasteiger partial charge in [0.05, 0.1) is 0 Å². The Hall–Kier alpha value is -1.21. The third-order valence-corrected chi connectivity index (χ3v) is 2.66. The van der Waals surface area contributed by atoms with Crippen molar-refractivity contribution in [2.75, 3.05) is 6.26 Å². The lowest BCUT2D eigenvalue weighted by molar-refractivity contribution is 1.47. The summed E-state index contributed by atoms with van der Waals surface area (Å²) in [5.74, 6) is 0. The average molecular weight is 216 g/mol. The maximum Gasteiger partial charge on any atom is 0.00691 e. The second-order valence-corrected chi connectivity index (χ2v) is 4.05. The second-order valence-electron chi connectivity index (χ2n) is 3.17. The third-order valence-electron chi connectivity index (χ3n) is 1.92. The zero-order chi connectivity index (χ0) is 10.9. The lowest BCUT2D eigenvalue weighted by Crippen LogP contribution is -1.62. The van der Waals surface area contributed by atoms with Crippen molar-refractivity contribution in [3.8, 4) is 0 Å². The van der Waals surface area contributed by atoms with Crippen molar-refractivity contribution in [2.45, 2.75) is 11.8 Å². The zero-order valence-electron chi connectivity index (χ0n) is 9.18. The van der Waals surface area contributed by atoms with E-state index in [0.717, 1.165) is 0 Å². The van der Waals surface area contributed by atoms with E-state index >= 15 is 0 Å². The molecule has 0 amide bonds. The van der Waals surface area contributed by atoms with Gasteiger partial charge >= 0.3 is 0 Å². The Morgan fingerprint density at radius 2 is 1.20 bits per heavy atom. The molecule has 0 aliphatic rings. The third kappa shape index (κ3) is 5.28. The van der Waals surface area contributed by atoms with Crippen molar-refractivity contribution >= 4 is 11.8 Å². The number of hydrogen-bond acceptors (Lipinski definition) is 1. The summed E-state index contributed by atoms with van der Waals surface area (Å²) in [6.07, 6.45) is 2.08. The van der Waals surface area contributed by atoms with Gasteiger partial charge in [-0.2, -0.15) is 0 Å². The van der Waals surface area contributed by atoms with Crippen molar-refractivity contribution < 1.29 is 0 Å². The molecular formula is C14H16S. The van der Waals surface area contributed by atoms with Crippen LogP contribution in [0.1, 0.15) is 5.56 Å². The summed E-state index contributed by atoms with van der Waals surface area (Å²) in [6.45, 7) is 2.08. The molecule has 0 saturated carbocycles. The lowest BCUT2D eigenvalue weighted by Gasteiger charge is -1.89. The normalized spacial score (nSPS) is 8.93. The maximum absolute atomic E-state index is 2.10. The Morgan fingerprint density at radius 3 is 1.47 bits per heavy atom. The molecule has 0 unspecified atom stereocenters. The Kier molecular flexibility index (Phi) is 5.64. The predicted molar refractivity (Wildman–Crippen MR) is 69.4 cm³/mol. The van der Waals surface area contributed by atoms with Gasteiger partial charge in [0.1, 0.15) is 0 Å². The van der Waals surface area contributed by atoms with Gasteiger partial charge in [-0.25, -0.2) is 0 Å². The van der Waals surface area contributed by atoms with Gasteiger partial charge in [-0.1, -0.05) is 54.1 Å². The molecule has 0 radical (unpaired) electrons. The van der Waals surface area contributed by atoms with Gasteiger partial charge in [0.15, 0.2) is 0 Å². The van der Waals surface area contributed by atoms with E-state index in [9.17, 15) is 0 Å². The fourth-order valence-electron chi connectivity index (χ4n) is 1.09. The maximum atomic E-state index is 2.10. The van der Waals surface area contributed by atoms with Crippen molar-refractivity contribution in [3.05, 3.63) is 66.2 Å². The molecule has 2 aromatic rings. The lowest BCUT2D eigenvalue weighted by atomic mass is 10.2. The van der Waals surface area contributed by atoms with E-state index < -0.39 is 0 Å². The quantitative estimate of drug-likeness (QED) is 0.636. The van der Waals surface area contributed by atoms with Crippen molar-refractivity contribution in [1.82, 2.24) is 0 Å². The number of rotatable bonds is 1. The monoisotopic (exact) mass is 216 g/mol. The first-order valence-corrected chi connectivity index (χ1v) is 6.16. The van der Waals surface area contributed by atoms with Gasteiger partial charge in [-0.3, -0.25) is 0 Å². The zero-order valence-corrected chi connectivity index (χ0v) is 10.00. The SMILES string of the molecule is CSc1ccccc1.Cc1ccccc1. The number of thioether (sulfide) groups is 1. The van der Waals surface area contributed by atoms with E-state index in [1.807, 2.05) is 36.4 Å². The van der Waals surface area contributed by atoms with Gasteiger partial charge < -0.3 is 0 Å². The van der Waals surface area contributed by atoms with Gasteiger partial charge in [-0.05, 0) is 25.3 Å². The Morgan fingerprint density at radius 1 is 0.733 bits per heavy atom. The van der Waals surface area contributed by atoms with Gasteiger partial charge in [0, 0.05) is 4.90 Å². The molecule has 0 fully saturated rings. The summed E-state index contributed by atoms with van der Waals surface area (Å²) < 4.78 is 0. The molecular weight excluding hydrogens is 200 g/mol. The molecule has 0 bridgehead atoms. The largest absolute Gasteiger partial charge is 0.130 e. The minimum absolute atomic E-state index is 1.32. The van der Waals surface area contributed by atoms with Crippen LogP contribution in [-0.4, -0.2) is 6.26 Å². The van der Waals surface area contributed by atoms with E-state index in [2.05, 4.69) is 37.4 Å². The minimum atomic E-state index is 1.32. The molecule has 0 aliphatic carbocycles. The summed E-state index contributed by atoms with van der Waals surface area (Å²) in [5, 5.41) is 0. The number of hydrogen-bond donors (Lipinski definition) is 0. The van der Waals surface area contributed by atoms with Gasteiger partial charge in [-0.15, -0.1) is 11.8 Å². The second kappa shape index (κ2) is 7.13. The topological polar surface area (TPSA) is 0 Å². The van der Waals surface area contributed by atoms with Crippen molar-refractivity contribution in [1.29, 1.82) is 0 Å². The highest BCUT2D eigenvalue weighted by atomic mass is 32.2. The standard InChI is InChI=1S/C7H8S.C7H8/c1-8-7-5-3-2-4-6-7;1-7-5-3-2-4-6-7/h2-6H,1H3;2-6H,1H3. The summed E-state index contributed by atoms with van der Waals surface area (Å²) in [7, 11) is 0. The summed E-state index contributed by atoms with van der Waals surface area (Å²) in [5.41, 5.74) is 1.32.